The Balaban J connectivity index is 1.55. The number of aryl methyl sites for hydroxylation is 1. The molecule has 0 aliphatic heterocycles. The quantitative estimate of drug-likeness (QED) is 0.539. The van der Waals surface area contributed by atoms with Crippen LogP contribution in [0.1, 0.15) is 22.8 Å². The molecule has 2 aromatic carbocycles. The molecule has 0 aliphatic rings. The number of pyridine rings is 1. The van der Waals surface area contributed by atoms with Gasteiger partial charge in [0, 0.05) is 23.6 Å². The number of anilines is 1. The number of carbonyl (C=O) groups excluding carboxylic acids is 1. The molecule has 0 atom stereocenters. The third kappa shape index (κ3) is 3.47. The number of nitrogens with one attached hydrogen (secondary N) is 1. The van der Waals surface area contributed by atoms with Gasteiger partial charge in [0.05, 0.1) is 17.9 Å². The summed E-state index contributed by atoms with van der Waals surface area (Å²) in [5.41, 5.74) is 5.21. The van der Waals surface area contributed by atoms with Crippen LogP contribution in [0.2, 0.25) is 0 Å². The van der Waals surface area contributed by atoms with Gasteiger partial charge in [0.2, 0.25) is 0 Å². The van der Waals surface area contributed by atoms with Crippen molar-refractivity contribution in [1.82, 2.24) is 9.38 Å². The number of nitrogens with zero attached hydrogens (tertiary/aromatic N) is 2. The molecule has 4 aromatic rings. The predicted octanol–water partition coefficient (Wildman–Crippen LogP) is 4.96. The summed E-state index contributed by atoms with van der Waals surface area (Å²) in [7, 11) is 0. The molecular formula is C23H21N3O2. The molecule has 0 bridgehead atoms. The smallest absolute Gasteiger partial charge is 0.259 e. The zero-order chi connectivity index (χ0) is 19.5. The van der Waals surface area contributed by atoms with Crippen molar-refractivity contribution in [3.8, 4) is 17.0 Å². The summed E-state index contributed by atoms with van der Waals surface area (Å²) in [5, 5.41) is 2.93. The van der Waals surface area contributed by atoms with E-state index in [2.05, 4.69) is 5.32 Å². The monoisotopic (exact) mass is 371 g/mol. The lowest BCUT2D eigenvalue weighted by Crippen LogP contribution is -2.13. The van der Waals surface area contributed by atoms with Gasteiger partial charge in [-0.1, -0.05) is 30.3 Å². The fraction of sp³-hybridized carbons (Fsp3) is 0.130. The van der Waals surface area contributed by atoms with Crippen molar-refractivity contribution < 1.29 is 9.53 Å². The van der Waals surface area contributed by atoms with E-state index in [9.17, 15) is 4.79 Å². The van der Waals surface area contributed by atoms with Gasteiger partial charge >= 0.3 is 0 Å². The van der Waals surface area contributed by atoms with Crippen LogP contribution in [-0.4, -0.2) is 21.9 Å². The van der Waals surface area contributed by atoms with Gasteiger partial charge < -0.3 is 14.5 Å². The van der Waals surface area contributed by atoms with Gasteiger partial charge in [-0.15, -0.1) is 0 Å². The maximum Gasteiger partial charge on any atom is 0.259 e. The summed E-state index contributed by atoms with van der Waals surface area (Å²) in [6, 6.07) is 19.0. The van der Waals surface area contributed by atoms with Crippen LogP contribution in [0, 0.1) is 6.92 Å². The Kier molecular flexibility index (Phi) is 4.81. The van der Waals surface area contributed by atoms with Crippen molar-refractivity contribution in [1.29, 1.82) is 0 Å². The van der Waals surface area contributed by atoms with Crippen LogP contribution in [0.4, 0.5) is 5.69 Å². The number of aromatic nitrogens is 2. The lowest BCUT2D eigenvalue weighted by atomic mass is 10.1. The first-order valence-electron chi connectivity index (χ1n) is 9.23. The molecule has 5 heteroatoms. The van der Waals surface area contributed by atoms with Crippen LogP contribution in [0.15, 0.2) is 73.1 Å². The minimum Gasteiger partial charge on any atom is -0.493 e. The molecule has 0 aliphatic carbocycles. The van der Waals surface area contributed by atoms with Gasteiger partial charge in [-0.2, -0.15) is 0 Å². The molecule has 0 saturated heterocycles. The Hall–Kier alpha value is -3.60. The standard InChI is InChI=1S/C23H21N3O2/c1-3-28-21-9-5-4-8-19(21)23(27)24-18-12-10-17(11-13-18)20-15-26-14-6-7-16(2)22(26)25-20/h4-15H,3H2,1-2H3,(H,24,27). The highest BCUT2D eigenvalue weighted by Gasteiger charge is 2.12. The number of rotatable bonds is 5. The van der Waals surface area contributed by atoms with Crippen LogP contribution in [0.25, 0.3) is 16.9 Å². The minimum atomic E-state index is -0.194. The van der Waals surface area contributed by atoms with Crippen molar-refractivity contribution in [2.45, 2.75) is 13.8 Å². The molecule has 1 N–H and O–H groups in total. The Morgan fingerprint density at radius 2 is 1.86 bits per heavy atom. The number of para-hydroxylation sites is 1. The fourth-order valence-corrected chi connectivity index (χ4v) is 3.15. The van der Waals surface area contributed by atoms with Crippen LogP contribution < -0.4 is 10.1 Å². The first kappa shape index (κ1) is 17.8. The van der Waals surface area contributed by atoms with Gasteiger partial charge in [-0.3, -0.25) is 4.79 Å². The number of amides is 1. The lowest BCUT2D eigenvalue weighted by molar-refractivity contribution is 0.102. The summed E-state index contributed by atoms with van der Waals surface area (Å²) >= 11 is 0. The van der Waals surface area contributed by atoms with E-state index in [1.54, 1.807) is 12.1 Å². The van der Waals surface area contributed by atoms with E-state index >= 15 is 0 Å². The zero-order valence-corrected chi connectivity index (χ0v) is 15.8. The number of hydrogen-bond donors (Lipinski definition) is 1. The predicted molar refractivity (Wildman–Crippen MR) is 111 cm³/mol. The Morgan fingerprint density at radius 3 is 2.61 bits per heavy atom. The average Bonchev–Trinajstić information content (AvgIpc) is 3.15. The number of benzene rings is 2. The molecule has 0 unspecified atom stereocenters. The second-order valence-corrected chi connectivity index (χ2v) is 6.51. The van der Waals surface area contributed by atoms with E-state index in [1.807, 2.05) is 79.2 Å². The third-order valence-electron chi connectivity index (χ3n) is 4.55. The maximum atomic E-state index is 12.6. The van der Waals surface area contributed by atoms with E-state index in [1.165, 1.54) is 0 Å². The van der Waals surface area contributed by atoms with Crippen molar-refractivity contribution in [3.05, 3.63) is 84.2 Å². The Labute approximate surface area is 163 Å². The molecule has 140 valence electrons. The summed E-state index contributed by atoms with van der Waals surface area (Å²) < 4.78 is 7.56. The van der Waals surface area contributed by atoms with Crippen molar-refractivity contribution in [2.75, 3.05) is 11.9 Å². The molecule has 4 rings (SSSR count). The second kappa shape index (κ2) is 7.56. The van der Waals surface area contributed by atoms with E-state index in [-0.39, 0.29) is 5.91 Å². The van der Waals surface area contributed by atoms with Gasteiger partial charge in [0.25, 0.3) is 5.91 Å². The van der Waals surface area contributed by atoms with E-state index in [0.29, 0.717) is 17.9 Å². The molecule has 28 heavy (non-hydrogen) atoms. The molecule has 0 fully saturated rings. The lowest BCUT2D eigenvalue weighted by Gasteiger charge is -2.10. The topological polar surface area (TPSA) is 55.6 Å². The van der Waals surface area contributed by atoms with Crippen molar-refractivity contribution in [2.24, 2.45) is 0 Å². The number of carbonyl (C=O) groups is 1. The van der Waals surface area contributed by atoms with E-state index < -0.39 is 0 Å². The van der Waals surface area contributed by atoms with Gasteiger partial charge in [-0.25, -0.2) is 4.98 Å². The second-order valence-electron chi connectivity index (χ2n) is 6.51. The van der Waals surface area contributed by atoms with Crippen molar-refractivity contribution >= 4 is 17.2 Å². The van der Waals surface area contributed by atoms with Crippen LogP contribution in [0.3, 0.4) is 0 Å². The van der Waals surface area contributed by atoms with Crippen LogP contribution >= 0.6 is 0 Å². The molecule has 2 heterocycles. The van der Waals surface area contributed by atoms with Gasteiger partial charge in [-0.05, 0) is 49.7 Å². The Morgan fingerprint density at radius 1 is 1.07 bits per heavy atom. The highest BCUT2D eigenvalue weighted by atomic mass is 16.5. The van der Waals surface area contributed by atoms with Crippen LogP contribution in [0.5, 0.6) is 5.75 Å². The SMILES string of the molecule is CCOc1ccccc1C(=O)Nc1ccc(-c2cn3cccc(C)c3n2)cc1. The molecule has 1 amide bonds. The number of hydrogen-bond acceptors (Lipinski definition) is 3. The first-order valence-corrected chi connectivity index (χ1v) is 9.23. The summed E-state index contributed by atoms with van der Waals surface area (Å²) in [6.45, 7) is 4.45. The average molecular weight is 371 g/mol. The van der Waals surface area contributed by atoms with E-state index in [0.717, 1.165) is 28.2 Å². The third-order valence-corrected chi connectivity index (χ3v) is 4.55. The highest BCUT2D eigenvalue weighted by Crippen LogP contribution is 2.24. The van der Waals surface area contributed by atoms with Gasteiger partial charge in [0.15, 0.2) is 0 Å². The number of fused-ring (bicyclic) bond motifs is 1. The molecule has 0 saturated carbocycles. The van der Waals surface area contributed by atoms with E-state index in [4.69, 9.17) is 9.72 Å². The zero-order valence-electron chi connectivity index (χ0n) is 15.8. The number of ether oxygens (including phenoxy) is 1. The molecule has 2 aromatic heterocycles. The molecular weight excluding hydrogens is 350 g/mol. The summed E-state index contributed by atoms with van der Waals surface area (Å²) in [5.74, 6) is 0.388. The first-order chi connectivity index (χ1) is 13.7. The fourth-order valence-electron chi connectivity index (χ4n) is 3.15. The highest BCUT2D eigenvalue weighted by molar-refractivity contribution is 6.06. The summed E-state index contributed by atoms with van der Waals surface area (Å²) in [4.78, 5) is 17.3. The Bertz CT molecular complexity index is 1130. The molecule has 0 radical (unpaired) electrons. The molecule has 0 spiro atoms. The minimum absolute atomic E-state index is 0.194. The van der Waals surface area contributed by atoms with Crippen LogP contribution in [-0.2, 0) is 0 Å². The normalized spacial score (nSPS) is 10.8. The largest absolute Gasteiger partial charge is 0.493 e. The number of imidazole rings is 1. The van der Waals surface area contributed by atoms with Crippen molar-refractivity contribution in [3.63, 3.8) is 0 Å². The van der Waals surface area contributed by atoms with Gasteiger partial charge in [0.1, 0.15) is 11.4 Å². The summed E-state index contributed by atoms with van der Waals surface area (Å²) in [6.07, 6.45) is 4.00. The maximum absolute atomic E-state index is 12.6. The molecule has 5 nitrogen and oxygen atoms in total.